The largest absolute Gasteiger partial charge is 0.387 e. The molecule has 2 bridgehead atoms. The van der Waals surface area contributed by atoms with Crippen molar-refractivity contribution < 1.29 is 0 Å². The molecule has 1 fully saturated rings. The average molecular weight is 485 g/mol. The van der Waals surface area contributed by atoms with Crippen molar-refractivity contribution >= 4 is 17.2 Å². The number of nitrogens with zero attached hydrogens (tertiary/aromatic N) is 5. The highest BCUT2D eigenvalue weighted by atomic mass is 15.4. The van der Waals surface area contributed by atoms with E-state index < -0.39 is 0 Å². The topological polar surface area (TPSA) is 48.7 Å². The minimum atomic E-state index is -0.101. The Balaban J connectivity index is 1.66. The van der Waals surface area contributed by atoms with Gasteiger partial charge >= 0.3 is 0 Å². The van der Waals surface area contributed by atoms with Crippen molar-refractivity contribution in [2.24, 2.45) is 5.41 Å². The molecule has 2 aliphatic rings. The van der Waals surface area contributed by atoms with E-state index in [4.69, 9.17) is 10.1 Å². The van der Waals surface area contributed by atoms with Crippen LogP contribution in [0.1, 0.15) is 67.2 Å². The van der Waals surface area contributed by atoms with Gasteiger partial charge in [-0.15, -0.1) is 0 Å². The third-order valence-corrected chi connectivity index (χ3v) is 7.95. The van der Waals surface area contributed by atoms with Crippen LogP contribution in [-0.2, 0) is 6.42 Å². The Hall–Kier alpha value is -3.28. The van der Waals surface area contributed by atoms with Gasteiger partial charge in [0.25, 0.3) is 0 Å². The summed E-state index contributed by atoms with van der Waals surface area (Å²) in [7, 11) is 2.13. The summed E-state index contributed by atoms with van der Waals surface area (Å²) in [6.45, 7) is 20.5. The Morgan fingerprint density at radius 1 is 1.06 bits per heavy atom. The minimum Gasteiger partial charge on any atom is -0.387 e. The molecule has 5 rings (SSSR count). The maximum absolute atomic E-state index is 5.14. The van der Waals surface area contributed by atoms with Gasteiger partial charge in [0.05, 0.1) is 11.7 Å². The lowest BCUT2D eigenvalue weighted by atomic mass is 9.80. The van der Waals surface area contributed by atoms with E-state index in [-0.39, 0.29) is 11.5 Å². The number of anilines is 1. The Labute approximate surface area is 215 Å². The molecule has 0 aliphatic carbocycles. The summed E-state index contributed by atoms with van der Waals surface area (Å²) in [5, 5.41) is 8.75. The second-order valence-corrected chi connectivity index (χ2v) is 11.3. The molecule has 4 heterocycles. The van der Waals surface area contributed by atoms with Crippen LogP contribution in [0, 0.1) is 19.3 Å². The van der Waals surface area contributed by atoms with E-state index in [1.165, 1.54) is 29.5 Å². The molecule has 1 saturated heterocycles. The van der Waals surface area contributed by atoms with Crippen LogP contribution >= 0.6 is 0 Å². The molecular formula is C30H40N6. The summed E-state index contributed by atoms with van der Waals surface area (Å²) in [4.78, 5) is 9.58. The molecule has 3 aromatic rings. The number of fused-ring (bicyclic) bond motifs is 4. The molecule has 1 N–H and O–H groups in total. The number of rotatable bonds is 0. The fraction of sp³-hybridized carbons (Fsp3) is 0.467. The van der Waals surface area contributed by atoms with Crippen molar-refractivity contribution in [3.8, 4) is 0 Å². The molecule has 0 amide bonds. The Morgan fingerprint density at radius 3 is 2.67 bits per heavy atom. The highest BCUT2D eigenvalue weighted by Crippen LogP contribution is 2.39. The van der Waals surface area contributed by atoms with Gasteiger partial charge in [0.15, 0.2) is 5.65 Å². The summed E-state index contributed by atoms with van der Waals surface area (Å²) in [6.07, 6.45) is 4.33. The van der Waals surface area contributed by atoms with Crippen LogP contribution in [0.3, 0.4) is 0 Å². The monoisotopic (exact) mass is 484 g/mol. The molecular weight excluding hydrogens is 444 g/mol. The predicted molar refractivity (Wildman–Crippen MR) is 149 cm³/mol. The summed E-state index contributed by atoms with van der Waals surface area (Å²) in [6, 6.07) is 11.3. The summed E-state index contributed by atoms with van der Waals surface area (Å²) >= 11 is 0. The molecule has 6 heteroatoms. The van der Waals surface area contributed by atoms with Crippen LogP contribution in [0.2, 0.25) is 0 Å². The fourth-order valence-corrected chi connectivity index (χ4v) is 5.67. The van der Waals surface area contributed by atoms with Gasteiger partial charge in [-0.1, -0.05) is 44.7 Å². The number of hydrogen-bond donors (Lipinski definition) is 1. The van der Waals surface area contributed by atoms with E-state index in [1.54, 1.807) is 0 Å². The highest BCUT2D eigenvalue weighted by Gasteiger charge is 2.31. The van der Waals surface area contributed by atoms with Gasteiger partial charge in [-0.25, -0.2) is 4.98 Å². The Bertz CT molecular complexity index is 1320. The van der Waals surface area contributed by atoms with Crippen LogP contribution in [0.5, 0.6) is 0 Å². The second-order valence-electron chi connectivity index (χ2n) is 11.3. The molecule has 2 aliphatic heterocycles. The molecule has 190 valence electrons. The summed E-state index contributed by atoms with van der Waals surface area (Å²) in [5.41, 5.74) is 8.87. The standard InChI is InChI=1S/C30H40N6/c1-20-11-12-24-19-30(5,6)23(4)31-13-15-34(7)29-17-21(2)32-28-18-26(33-36(28)29)27-10-8-9-14-35(27)22(3)25(24)16-20/h11-12,16-18,27,31H,3-4,8-10,13-15,19H2,1-2,5-7H3. The van der Waals surface area contributed by atoms with Crippen LogP contribution in [-0.4, -0.2) is 46.2 Å². The summed E-state index contributed by atoms with van der Waals surface area (Å²) < 4.78 is 2.01. The van der Waals surface area contributed by atoms with Crippen LogP contribution < -0.4 is 10.2 Å². The SMILES string of the molecule is C=C1c2cc(C)ccc2CC(C)(C)C(=C)NCCN(C)c2cc(C)nc3cc(nn23)C2CCCCN12. The van der Waals surface area contributed by atoms with Crippen molar-refractivity contribution in [2.75, 3.05) is 31.6 Å². The maximum atomic E-state index is 5.14. The number of nitrogens with one attached hydrogen (secondary N) is 1. The number of aromatic nitrogens is 3. The zero-order valence-corrected chi connectivity index (χ0v) is 22.6. The van der Waals surface area contributed by atoms with Crippen molar-refractivity contribution in [3.63, 3.8) is 0 Å². The van der Waals surface area contributed by atoms with Gasteiger partial charge in [0.2, 0.25) is 0 Å². The molecule has 2 aromatic heterocycles. The highest BCUT2D eigenvalue weighted by molar-refractivity contribution is 5.67. The van der Waals surface area contributed by atoms with Crippen molar-refractivity contribution in [3.05, 3.63) is 77.3 Å². The first kappa shape index (κ1) is 24.4. The Kier molecular flexibility index (Phi) is 6.31. The molecule has 0 saturated carbocycles. The van der Waals surface area contributed by atoms with E-state index in [0.717, 1.165) is 66.7 Å². The number of benzene rings is 1. The van der Waals surface area contributed by atoms with E-state index in [9.17, 15) is 0 Å². The first-order valence-corrected chi connectivity index (χ1v) is 13.2. The molecule has 36 heavy (non-hydrogen) atoms. The van der Waals surface area contributed by atoms with Crippen LogP contribution in [0.15, 0.2) is 49.2 Å². The van der Waals surface area contributed by atoms with Crippen molar-refractivity contribution in [1.29, 1.82) is 0 Å². The molecule has 0 spiro atoms. The van der Waals surface area contributed by atoms with E-state index in [2.05, 4.69) is 93.3 Å². The summed E-state index contributed by atoms with van der Waals surface area (Å²) in [5.74, 6) is 1.06. The van der Waals surface area contributed by atoms with Gasteiger partial charge in [0.1, 0.15) is 5.82 Å². The minimum absolute atomic E-state index is 0.101. The number of likely N-dealkylation sites (N-methyl/N-ethyl adjacent to an activating group) is 1. The van der Waals surface area contributed by atoms with Crippen LogP contribution in [0.25, 0.3) is 11.3 Å². The number of aryl methyl sites for hydroxylation is 2. The molecule has 1 unspecified atom stereocenters. The molecule has 1 atom stereocenters. The number of piperidine rings is 1. The molecule has 6 nitrogen and oxygen atoms in total. The maximum Gasteiger partial charge on any atom is 0.157 e. The zero-order valence-electron chi connectivity index (χ0n) is 22.6. The van der Waals surface area contributed by atoms with E-state index >= 15 is 0 Å². The van der Waals surface area contributed by atoms with Gasteiger partial charge in [0, 0.05) is 66.9 Å². The predicted octanol–water partition coefficient (Wildman–Crippen LogP) is 5.67. The normalized spacial score (nSPS) is 20.9. The van der Waals surface area contributed by atoms with Crippen molar-refractivity contribution in [1.82, 2.24) is 24.8 Å². The number of allylic oxidation sites excluding steroid dienone is 1. The van der Waals surface area contributed by atoms with Gasteiger partial charge in [-0.3, -0.25) is 0 Å². The van der Waals surface area contributed by atoms with Crippen molar-refractivity contribution in [2.45, 2.75) is 59.4 Å². The lowest BCUT2D eigenvalue weighted by Crippen LogP contribution is -2.35. The third kappa shape index (κ3) is 4.49. The first-order chi connectivity index (χ1) is 17.1. The second kappa shape index (κ2) is 9.30. The fourth-order valence-electron chi connectivity index (χ4n) is 5.67. The molecule has 1 aromatic carbocycles. The third-order valence-electron chi connectivity index (χ3n) is 7.95. The average Bonchev–Trinajstić information content (AvgIpc) is 3.27. The van der Waals surface area contributed by atoms with Crippen LogP contribution in [0.4, 0.5) is 5.82 Å². The smallest absolute Gasteiger partial charge is 0.157 e. The lowest BCUT2D eigenvalue weighted by molar-refractivity contribution is 0.226. The van der Waals surface area contributed by atoms with E-state index in [1.807, 2.05) is 4.52 Å². The number of hydrogen-bond acceptors (Lipinski definition) is 5. The van der Waals surface area contributed by atoms with Gasteiger partial charge in [-0.2, -0.15) is 9.61 Å². The quantitative estimate of drug-likeness (QED) is 0.446. The van der Waals surface area contributed by atoms with E-state index in [0.29, 0.717) is 0 Å². The van der Waals surface area contributed by atoms with Gasteiger partial charge in [-0.05, 0) is 51.2 Å². The lowest BCUT2D eigenvalue weighted by Gasteiger charge is -2.39. The first-order valence-electron chi connectivity index (χ1n) is 13.2. The molecule has 0 radical (unpaired) electrons. The Morgan fingerprint density at radius 2 is 1.86 bits per heavy atom. The van der Waals surface area contributed by atoms with Gasteiger partial charge < -0.3 is 15.1 Å². The zero-order chi connectivity index (χ0) is 25.6.